The standard InChI is InChI=1S/C6H12N2/c1-5(2)8-6(3)7-4/h1-4H3. The van der Waals surface area contributed by atoms with Gasteiger partial charge in [-0.05, 0) is 20.8 Å². The van der Waals surface area contributed by atoms with Crippen LogP contribution in [-0.2, 0) is 0 Å². The second-order valence-corrected chi connectivity index (χ2v) is 1.83. The molecule has 0 aliphatic rings. The molecule has 0 atom stereocenters. The fraction of sp³-hybridized carbons (Fsp3) is 0.667. The molecule has 0 aliphatic carbocycles. The Bertz CT molecular complexity index is 118. The van der Waals surface area contributed by atoms with Crippen LogP contribution in [0.3, 0.4) is 0 Å². The largest absolute Gasteiger partial charge is 0.274 e. The smallest absolute Gasteiger partial charge is 0.119 e. The molecular formula is C6H12N2. The number of hydrogen-bond donors (Lipinski definition) is 0. The summed E-state index contributed by atoms with van der Waals surface area (Å²) in [5, 5.41) is 0. The summed E-state index contributed by atoms with van der Waals surface area (Å²) in [5.74, 6) is 0.838. The zero-order valence-electron chi connectivity index (χ0n) is 5.89. The first-order chi connectivity index (χ1) is 3.66. The molecule has 0 bridgehead atoms. The zero-order chi connectivity index (χ0) is 6.57. The van der Waals surface area contributed by atoms with E-state index in [0.29, 0.717) is 0 Å². The molecule has 0 spiro atoms. The molecule has 0 heterocycles. The van der Waals surface area contributed by atoms with Crippen molar-refractivity contribution in [3.05, 3.63) is 0 Å². The minimum atomic E-state index is 0.838. The number of aliphatic imine (C=N–C) groups is 2. The summed E-state index contributed by atoms with van der Waals surface area (Å²) >= 11 is 0. The maximum atomic E-state index is 4.06. The minimum absolute atomic E-state index is 0.838. The molecule has 0 N–H and O–H groups in total. The number of hydrogen-bond acceptors (Lipinski definition) is 1. The van der Waals surface area contributed by atoms with Crippen LogP contribution in [0.15, 0.2) is 9.98 Å². The molecule has 0 unspecified atom stereocenters. The molecule has 0 aliphatic heterocycles. The van der Waals surface area contributed by atoms with Crippen molar-refractivity contribution in [2.75, 3.05) is 7.05 Å². The molecule has 0 aromatic heterocycles. The van der Waals surface area contributed by atoms with E-state index in [9.17, 15) is 0 Å². The maximum Gasteiger partial charge on any atom is 0.119 e. The number of nitrogens with zero attached hydrogens (tertiary/aromatic N) is 2. The van der Waals surface area contributed by atoms with Crippen molar-refractivity contribution in [1.82, 2.24) is 0 Å². The van der Waals surface area contributed by atoms with Crippen LogP contribution >= 0.6 is 0 Å². The topological polar surface area (TPSA) is 24.7 Å². The number of amidine groups is 1. The van der Waals surface area contributed by atoms with E-state index in [2.05, 4.69) is 9.98 Å². The highest BCUT2D eigenvalue weighted by Crippen LogP contribution is 1.79. The van der Waals surface area contributed by atoms with E-state index in [-0.39, 0.29) is 0 Å². The highest BCUT2D eigenvalue weighted by molar-refractivity contribution is 5.94. The van der Waals surface area contributed by atoms with Crippen LogP contribution in [0.2, 0.25) is 0 Å². The van der Waals surface area contributed by atoms with Crippen LogP contribution in [0.25, 0.3) is 0 Å². The Hall–Kier alpha value is -0.660. The Morgan fingerprint density at radius 1 is 1.12 bits per heavy atom. The molecule has 2 heteroatoms. The van der Waals surface area contributed by atoms with Gasteiger partial charge < -0.3 is 0 Å². The molecule has 0 aromatic carbocycles. The van der Waals surface area contributed by atoms with Gasteiger partial charge in [0.05, 0.1) is 0 Å². The minimum Gasteiger partial charge on any atom is -0.274 e. The van der Waals surface area contributed by atoms with Crippen LogP contribution in [0.4, 0.5) is 0 Å². The molecular weight excluding hydrogens is 100 g/mol. The van der Waals surface area contributed by atoms with Crippen molar-refractivity contribution < 1.29 is 0 Å². The SMILES string of the molecule is CN=C(C)N=C(C)C. The van der Waals surface area contributed by atoms with Gasteiger partial charge >= 0.3 is 0 Å². The Kier molecular flexibility index (Phi) is 3.08. The molecule has 2 nitrogen and oxygen atoms in total. The molecule has 0 radical (unpaired) electrons. The Labute approximate surface area is 50.4 Å². The summed E-state index contributed by atoms with van der Waals surface area (Å²) < 4.78 is 0. The lowest BCUT2D eigenvalue weighted by molar-refractivity contribution is 1.37. The van der Waals surface area contributed by atoms with E-state index in [1.807, 2.05) is 20.8 Å². The molecule has 46 valence electrons. The van der Waals surface area contributed by atoms with Gasteiger partial charge in [-0.3, -0.25) is 4.99 Å². The molecule has 0 rings (SSSR count). The number of rotatable bonds is 0. The third-order valence-electron chi connectivity index (χ3n) is 0.709. The normalized spacial score (nSPS) is 11.2. The van der Waals surface area contributed by atoms with E-state index in [4.69, 9.17) is 0 Å². The average molecular weight is 112 g/mol. The first-order valence-corrected chi connectivity index (χ1v) is 2.62. The summed E-state index contributed by atoms with van der Waals surface area (Å²) in [7, 11) is 1.74. The van der Waals surface area contributed by atoms with Crippen LogP contribution in [0, 0.1) is 0 Å². The first kappa shape index (κ1) is 7.34. The van der Waals surface area contributed by atoms with Gasteiger partial charge in [0.2, 0.25) is 0 Å². The van der Waals surface area contributed by atoms with E-state index in [1.54, 1.807) is 7.05 Å². The van der Waals surface area contributed by atoms with Gasteiger partial charge in [0, 0.05) is 12.8 Å². The first-order valence-electron chi connectivity index (χ1n) is 2.62. The van der Waals surface area contributed by atoms with E-state index >= 15 is 0 Å². The van der Waals surface area contributed by atoms with Gasteiger partial charge in [0.1, 0.15) is 5.84 Å². The van der Waals surface area contributed by atoms with Crippen molar-refractivity contribution in [1.29, 1.82) is 0 Å². The summed E-state index contributed by atoms with van der Waals surface area (Å²) in [6.45, 7) is 5.79. The zero-order valence-corrected chi connectivity index (χ0v) is 5.89. The molecule has 0 amide bonds. The molecule has 0 fully saturated rings. The van der Waals surface area contributed by atoms with Gasteiger partial charge in [-0.2, -0.15) is 0 Å². The van der Waals surface area contributed by atoms with E-state index < -0.39 is 0 Å². The van der Waals surface area contributed by atoms with Crippen molar-refractivity contribution in [2.24, 2.45) is 9.98 Å². The van der Waals surface area contributed by atoms with Crippen LogP contribution in [-0.4, -0.2) is 18.6 Å². The second kappa shape index (κ2) is 3.36. The second-order valence-electron chi connectivity index (χ2n) is 1.83. The van der Waals surface area contributed by atoms with Crippen molar-refractivity contribution in [2.45, 2.75) is 20.8 Å². The van der Waals surface area contributed by atoms with Crippen molar-refractivity contribution in [3.63, 3.8) is 0 Å². The van der Waals surface area contributed by atoms with Gasteiger partial charge in [-0.15, -0.1) is 0 Å². The average Bonchev–Trinajstić information content (AvgIpc) is 1.65. The van der Waals surface area contributed by atoms with Gasteiger partial charge in [-0.1, -0.05) is 0 Å². The van der Waals surface area contributed by atoms with Crippen molar-refractivity contribution >= 4 is 11.5 Å². The highest BCUT2D eigenvalue weighted by atomic mass is 14.9. The lowest BCUT2D eigenvalue weighted by Gasteiger charge is -1.87. The van der Waals surface area contributed by atoms with Crippen molar-refractivity contribution in [3.8, 4) is 0 Å². The fourth-order valence-electron chi connectivity index (χ4n) is 0.374. The summed E-state index contributed by atoms with van der Waals surface area (Å²) in [6.07, 6.45) is 0. The Morgan fingerprint density at radius 2 is 1.62 bits per heavy atom. The predicted octanol–water partition coefficient (Wildman–Crippen LogP) is 1.52. The fourth-order valence-corrected chi connectivity index (χ4v) is 0.374. The highest BCUT2D eigenvalue weighted by Gasteiger charge is 1.79. The monoisotopic (exact) mass is 112 g/mol. The summed E-state index contributed by atoms with van der Waals surface area (Å²) in [6, 6.07) is 0. The quantitative estimate of drug-likeness (QED) is 0.335. The third-order valence-corrected chi connectivity index (χ3v) is 0.709. The Balaban J connectivity index is 3.89. The molecule has 0 saturated carbocycles. The Morgan fingerprint density at radius 3 is 1.75 bits per heavy atom. The summed E-state index contributed by atoms with van der Waals surface area (Å²) in [4.78, 5) is 7.92. The van der Waals surface area contributed by atoms with Gasteiger partial charge in [-0.25, -0.2) is 4.99 Å². The van der Waals surface area contributed by atoms with Crippen LogP contribution in [0.1, 0.15) is 20.8 Å². The van der Waals surface area contributed by atoms with Crippen LogP contribution < -0.4 is 0 Å². The third kappa shape index (κ3) is 3.53. The van der Waals surface area contributed by atoms with Gasteiger partial charge in [0.15, 0.2) is 0 Å². The molecule has 0 saturated heterocycles. The summed E-state index contributed by atoms with van der Waals surface area (Å²) in [5.41, 5.74) is 1.05. The lowest BCUT2D eigenvalue weighted by Crippen LogP contribution is -1.89. The predicted molar refractivity (Wildman–Crippen MR) is 37.8 cm³/mol. The van der Waals surface area contributed by atoms with E-state index in [1.165, 1.54) is 0 Å². The van der Waals surface area contributed by atoms with Crippen LogP contribution in [0.5, 0.6) is 0 Å². The van der Waals surface area contributed by atoms with E-state index in [0.717, 1.165) is 11.5 Å². The van der Waals surface area contributed by atoms with Gasteiger partial charge in [0.25, 0.3) is 0 Å². The molecule has 8 heavy (non-hydrogen) atoms. The lowest BCUT2D eigenvalue weighted by atomic mass is 10.5. The molecule has 0 aromatic rings. The maximum absolute atomic E-state index is 4.06.